The van der Waals surface area contributed by atoms with E-state index < -0.39 is 11.4 Å². The Morgan fingerprint density at radius 1 is 1.26 bits per heavy atom. The Morgan fingerprint density at radius 3 is 2.37 bits per heavy atom. The number of thioether (sulfide) groups is 1. The molecule has 0 bridgehead atoms. The first kappa shape index (κ1) is 15.7. The van der Waals surface area contributed by atoms with Gasteiger partial charge in [0.2, 0.25) is 0 Å². The fraction of sp³-hybridized carbons (Fsp3) is 0.429. The molecule has 5 heteroatoms. The Balaban J connectivity index is 2.59. The van der Waals surface area contributed by atoms with E-state index in [2.05, 4.69) is 0 Å². The zero-order valence-electron chi connectivity index (χ0n) is 11.2. The van der Waals surface area contributed by atoms with Gasteiger partial charge in [0, 0.05) is 4.90 Å². The summed E-state index contributed by atoms with van der Waals surface area (Å²) in [6.07, 6.45) is 0. The van der Waals surface area contributed by atoms with E-state index in [9.17, 15) is 14.0 Å². The van der Waals surface area contributed by atoms with Crippen molar-refractivity contribution in [2.24, 2.45) is 5.41 Å². The highest BCUT2D eigenvalue weighted by molar-refractivity contribution is 8.00. The van der Waals surface area contributed by atoms with E-state index in [1.807, 2.05) is 0 Å². The second-order valence-corrected chi connectivity index (χ2v) is 5.56. The highest BCUT2D eigenvalue weighted by Crippen LogP contribution is 2.25. The van der Waals surface area contributed by atoms with Gasteiger partial charge in [-0.3, -0.25) is 9.59 Å². The second-order valence-electron chi connectivity index (χ2n) is 4.51. The molecule has 0 heterocycles. The molecule has 0 saturated carbocycles. The van der Waals surface area contributed by atoms with Gasteiger partial charge in [-0.15, -0.1) is 11.8 Å². The third-order valence-electron chi connectivity index (χ3n) is 2.67. The van der Waals surface area contributed by atoms with Crippen molar-refractivity contribution in [1.29, 1.82) is 0 Å². The molecule has 0 radical (unpaired) electrons. The molecule has 1 aromatic carbocycles. The van der Waals surface area contributed by atoms with Crippen LogP contribution in [0.4, 0.5) is 4.39 Å². The van der Waals surface area contributed by atoms with E-state index in [4.69, 9.17) is 4.74 Å². The first-order valence-electron chi connectivity index (χ1n) is 5.96. The molecule has 0 atom stereocenters. The molecule has 1 rings (SSSR count). The van der Waals surface area contributed by atoms with Crippen molar-refractivity contribution in [3.05, 3.63) is 30.1 Å². The predicted octanol–water partition coefficient (Wildman–Crippen LogP) is 3.08. The summed E-state index contributed by atoms with van der Waals surface area (Å²) in [4.78, 5) is 24.5. The number of benzene rings is 1. The highest BCUT2D eigenvalue weighted by atomic mass is 32.2. The Bertz CT molecular complexity index is 454. The summed E-state index contributed by atoms with van der Waals surface area (Å²) in [5.74, 6) is -0.889. The quantitative estimate of drug-likeness (QED) is 0.457. The van der Waals surface area contributed by atoms with Gasteiger partial charge in [0.25, 0.3) is 0 Å². The van der Waals surface area contributed by atoms with Crippen LogP contribution in [0, 0.1) is 11.2 Å². The molecule has 0 N–H and O–H groups in total. The van der Waals surface area contributed by atoms with Crippen LogP contribution in [-0.2, 0) is 14.3 Å². The number of Topliss-reactive ketones (excluding diaryl/α,β-unsaturated/α-hetero) is 1. The summed E-state index contributed by atoms with van der Waals surface area (Å²) in [6.45, 7) is 5.06. The normalized spacial score (nSPS) is 11.2. The number of ether oxygens (including phenoxy) is 1. The van der Waals surface area contributed by atoms with Gasteiger partial charge in [0.1, 0.15) is 11.2 Å². The van der Waals surface area contributed by atoms with Gasteiger partial charge in [-0.2, -0.15) is 0 Å². The minimum Gasteiger partial charge on any atom is -0.465 e. The molecule has 19 heavy (non-hydrogen) atoms. The van der Waals surface area contributed by atoms with E-state index in [1.165, 1.54) is 23.9 Å². The van der Waals surface area contributed by atoms with Gasteiger partial charge in [-0.05, 0) is 45.0 Å². The first-order valence-corrected chi connectivity index (χ1v) is 6.95. The average molecular weight is 284 g/mol. The number of rotatable bonds is 6. The van der Waals surface area contributed by atoms with Crippen LogP contribution in [0.3, 0.4) is 0 Å². The topological polar surface area (TPSA) is 43.4 Å². The monoisotopic (exact) mass is 284 g/mol. The van der Waals surface area contributed by atoms with Gasteiger partial charge in [0.15, 0.2) is 5.78 Å². The summed E-state index contributed by atoms with van der Waals surface area (Å²) >= 11 is 1.28. The predicted molar refractivity (Wildman–Crippen MR) is 72.5 cm³/mol. The summed E-state index contributed by atoms with van der Waals surface area (Å²) in [5, 5.41) is 0. The number of esters is 1. The van der Waals surface area contributed by atoms with Crippen molar-refractivity contribution in [2.45, 2.75) is 25.7 Å². The number of hydrogen-bond acceptors (Lipinski definition) is 4. The van der Waals surface area contributed by atoms with Crippen LogP contribution in [-0.4, -0.2) is 24.1 Å². The number of halogens is 1. The standard InChI is InChI=1S/C14H17FO3S/c1-4-18-13(17)14(2,3)12(16)9-19-11-7-5-10(15)6-8-11/h5-8H,4,9H2,1-3H3. The van der Waals surface area contributed by atoms with Crippen LogP contribution in [0.2, 0.25) is 0 Å². The Hall–Kier alpha value is -1.36. The van der Waals surface area contributed by atoms with Crippen molar-refractivity contribution < 1.29 is 18.7 Å². The number of ketones is 1. The molecule has 104 valence electrons. The van der Waals surface area contributed by atoms with E-state index in [-0.39, 0.29) is 24.0 Å². The maximum Gasteiger partial charge on any atom is 0.319 e. The lowest BCUT2D eigenvalue weighted by Gasteiger charge is -2.20. The van der Waals surface area contributed by atoms with Gasteiger partial charge in [-0.1, -0.05) is 0 Å². The van der Waals surface area contributed by atoms with Gasteiger partial charge < -0.3 is 4.74 Å². The number of hydrogen-bond donors (Lipinski definition) is 0. The summed E-state index contributed by atoms with van der Waals surface area (Å²) in [5.41, 5.74) is -1.15. The minimum atomic E-state index is -1.15. The maximum atomic E-state index is 12.7. The molecule has 0 aliphatic heterocycles. The zero-order chi connectivity index (χ0) is 14.5. The summed E-state index contributed by atoms with van der Waals surface area (Å²) < 4.78 is 17.6. The Morgan fingerprint density at radius 2 is 1.84 bits per heavy atom. The summed E-state index contributed by atoms with van der Waals surface area (Å²) in [7, 11) is 0. The molecule has 0 fully saturated rings. The molecular weight excluding hydrogens is 267 g/mol. The van der Waals surface area contributed by atoms with Crippen molar-refractivity contribution >= 4 is 23.5 Å². The SMILES string of the molecule is CCOC(=O)C(C)(C)C(=O)CSc1ccc(F)cc1. The van der Waals surface area contributed by atoms with E-state index in [1.54, 1.807) is 32.9 Å². The molecule has 0 saturated heterocycles. The van der Waals surface area contributed by atoms with Crippen molar-refractivity contribution in [2.75, 3.05) is 12.4 Å². The zero-order valence-corrected chi connectivity index (χ0v) is 12.1. The summed E-state index contributed by atoms with van der Waals surface area (Å²) in [6, 6.07) is 5.88. The lowest BCUT2D eigenvalue weighted by molar-refractivity contribution is -0.157. The first-order chi connectivity index (χ1) is 8.87. The molecule has 3 nitrogen and oxygen atoms in total. The van der Waals surface area contributed by atoms with E-state index >= 15 is 0 Å². The lowest BCUT2D eigenvalue weighted by atomic mass is 9.89. The van der Waals surface area contributed by atoms with Crippen LogP contribution >= 0.6 is 11.8 Å². The van der Waals surface area contributed by atoms with Crippen LogP contribution in [0.1, 0.15) is 20.8 Å². The molecule has 1 aromatic rings. The van der Waals surface area contributed by atoms with Crippen LogP contribution in [0.5, 0.6) is 0 Å². The molecule has 0 aliphatic carbocycles. The Kier molecular flexibility index (Phi) is 5.54. The van der Waals surface area contributed by atoms with Crippen LogP contribution in [0.15, 0.2) is 29.2 Å². The van der Waals surface area contributed by atoms with E-state index in [0.29, 0.717) is 0 Å². The fourth-order valence-electron chi connectivity index (χ4n) is 1.29. The number of carbonyl (C=O) groups is 2. The molecule has 0 spiro atoms. The smallest absolute Gasteiger partial charge is 0.319 e. The highest BCUT2D eigenvalue weighted by Gasteiger charge is 2.36. The molecule has 0 aromatic heterocycles. The second kappa shape index (κ2) is 6.70. The van der Waals surface area contributed by atoms with E-state index in [0.717, 1.165) is 4.90 Å². The van der Waals surface area contributed by atoms with Gasteiger partial charge in [0.05, 0.1) is 12.4 Å². The molecular formula is C14H17FO3S. The van der Waals surface area contributed by atoms with Crippen LogP contribution < -0.4 is 0 Å². The van der Waals surface area contributed by atoms with Crippen molar-refractivity contribution in [3.8, 4) is 0 Å². The maximum absolute atomic E-state index is 12.7. The molecule has 0 unspecified atom stereocenters. The van der Waals surface area contributed by atoms with Crippen molar-refractivity contribution in [3.63, 3.8) is 0 Å². The third-order valence-corrected chi connectivity index (χ3v) is 3.68. The Labute approximate surface area is 116 Å². The van der Waals surface area contributed by atoms with Gasteiger partial charge in [-0.25, -0.2) is 4.39 Å². The number of carbonyl (C=O) groups excluding carboxylic acids is 2. The van der Waals surface area contributed by atoms with Crippen LogP contribution in [0.25, 0.3) is 0 Å². The minimum absolute atomic E-state index is 0.150. The fourth-order valence-corrected chi connectivity index (χ4v) is 2.27. The largest absolute Gasteiger partial charge is 0.465 e. The lowest BCUT2D eigenvalue weighted by Crippen LogP contribution is -2.36. The molecule has 0 amide bonds. The van der Waals surface area contributed by atoms with Crippen molar-refractivity contribution in [1.82, 2.24) is 0 Å². The third kappa shape index (κ3) is 4.35. The average Bonchev–Trinajstić information content (AvgIpc) is 2.37. The van der Waals surface area contributed by atoms with Gasteiger partial charge >= 0.3 is 5.97 Å². The molecule has 0 aliphatic rings.